The van der Waals surface area contributed by atoms with E-state index in [1.165, 1.54) is 4.90 Å². The molecule has 0 unspecified atom stereocenters. The summed E-state index contributed by atoms with van der Waals surface area (Å²) >= 11 is 3.47. The van der Waals surface area contributed by atoms with E-state index in [-0.39, 0.29) is 18.1 Å². The number of carbonyl (C=O) groups excluding carboxylic acids is 2. The van der Waals surface area contributed by atoms with E-state index in [2.05, 4.69) is 21.2 Å². The maximum Gasteiger partial charge on any atom is 0.329 e. The zero-order valence-corrected chi connectivity index (χ0v) is 17.3. The van der Waals surface area contributed by atoms with Gasteiger partial charge < -0.3 is 14.8 Å². The normalized spacial score (nSPS) is 15.1. The number of hydrogen-bond acceptors (Lipinski definition) is 4. The molecule has 146 valence electrons. The Morgan fingerprint density at radius 3 is 2.39 bits per heavy atom. The second kappa shape index (κ2) is 8.93. The average molecular weight is 445 g/mol. The lowest BCUT2D eigenvalue weighted by molar-refractivity contribution is -0.123. The number of nitrogens with one attached hydrogen (secondary N) is 1. The van der Waals surface area contributed by atoms with Crippen molar-refractivity contribution in [2.75, 3.05) is 13.2 Å². The van der Waals surface area contributed by atoms with Crippen molar-refractivity contribution in [1.29, 1.82) is 0 Å². The Morgan fingerprint density at radius 2 is 1.71 bits per heavy atom. The second-order valence-electron chi connectivity index (χ2n) is 6.05. The van der Waals surface area contributed by atoms with Gasteiger partial charge in [0.2, 0.25) is 0 Å². The van der Waals surface area contributed by atoms with E-state index in [1.807, 2.05) is 50.2 Å². The van der Waals surface area contributed by atoms with Gasteiger partial charge >= 0.3 is 6.03 Å². The molecule has 6 nitrogen and oxygen atoms in total. The van der Waals surface area contributed by atoms with Gasteiger partial charge in [-0.1, -0.05) is 30.3 Å². The Kier molecular flexibility index (Phi) is 6.36. The molecule has 1 aliphatic heterocycles. The highest BCUT2D eigenvalue weighted by Crippen LogP contribution is 2.35. The summed E-state index contributed by atoms with van der Waals surface area (Å²) in [6, 6.07) is 12.5. The van der Waals surface area contributed by atoms with Crippen molar-refractivity contribution < 1.29 is 19.1 Å². The Balaban J connectivity index is 1.89. The highest BCUT2D eigenvalue weighted by molar-refractivity contribution is 9.10. The van der Waals surface area contributed by atoms with Crippen LogP contribution in [-0.2, 0) is 11.3 Å². The van der Waals surface area contributed by atoms with Crippen LogP contribution >= 0.6 is 15.9 Å². The minimum atomic E-state index is -0.442. The molecule has 1 saturated heterocycles. The fourth-order valence-electron chi connectivity index (χ4n) is 2.85. The standard InChI is InChI=1S/C21H21BrN2O4/c1-3-27-18-12-19(28-4-2)16(22)10-15(18)11-17-20(25)24(21(26)23-17)13-14-8-6-5-7-9-14/h5-12H,3-4,13H2,1-2H3,(H,23,26)/b17-11+. The molecular weight excluding hydrogens is 424 g/mol. The molecule has 0 radical (unpaired) electrons. The van der Waals surface area contributed by atoms with E-state index in [9.17, 15) is 9.59 Å². The third-order valence-electron chi connectivity index (χ3n) is 4.11. The van der Waals surface area contributed by atoms with Gasteiger partial charge in [-0.05, 0) is 47.5 Å². The first-order valence-corrected chi connectivity index (χ1v) is 9.80. The van der Waals surface area contributed by atoms with Crippen LogP contribution < -0.4 is 14.8 Å². The summed E-state index contributed by atoms with van der Waals surface area (Å²) in [6.07, 6.45) is 1.62. The average Bonchev–Trinajstić information content (AvgIpc) is 2.94. The lowest BCUT2D eigenvalue weighted by Gasteiger charge is -2.13. The maximum atomic E-state index is 12.7. The summed E-state index contributed by atoms with van der Waals surface area (Å²) in [5.41, 5.74) is 1.76. The van der Waals surface area contributed by atoms with Crippen LogP contribution in [0.4, 0.5) is 4.79 Å². The predicted molar refractivity (Wildman–Crippen MR) is 110 cm³/mol. The van der Waals surface area contributed by atoms with Crippen LogP contribution in [0.25, 0.3) is 6.08 Å². The van der Waals surface area contributed by atoms with Crippen LogP contribution in [0.1, 0.15) is 25.0 Å². The number of rotatable bonds is 7. The summed E-state index contributed by atoms with van der Waals surface area (Å²) < 4.78 is 12.0. The first-order valence-electron chi connectivity index (χ1n) is 9.01. The molecule has 1 aliphatic rings. The van der Waals surface area contributed by atoms with Crippen LogP contribution in [0.2, 0.25) is 0 Å². The minimum absolute atomic E-state index is 0.206. The number of carbonyl (C=O) groups is 2. The van der Waals surface area contributed by atoms with Crippen LogP contribution in [-0.4, -0.2) is 30.1 Å². The molecule has 1 N–H and O–H groups in total. The number of halogens is 1. The third-order valence-corrected chi connectivity index (χ3v) is 4.73. The molecule has 2 aromatic carbocycles. The quantitative estimate of drug-likeness (QED) is 0.509. The number of ether oxygens (including phenoxy) is 2. The smallest absolute Gasteiger partial charge is 0.329 e. The molecule has 1 fully saturated rings. The molecule has 0 aliphatic carbocycles. The topological polar surface area (TPSA) is 67.9 Å². The van der Waals surface area contributed by atoms with E-state index >= 15 is 0 Å². The highest BCUT2D eigenvalue weighted by atomic mass is 79.9. The van der Waals surface area contributed by atoms with Crippen LogP contribution in [0, 0.1) is 0 Å². The first-order chi connectivity index (χ1) is 13.5. The molecule has 1 heterocycles. The van der Waals surface area contributed by atoms with Gasteiger partial charge in [0.05, 0.1) is 24.2 Å². The number of nitrogens with zero attached hydrogens (tertiary/aromatic N) is 1. The van der Waals surface area contributed by atoms with Crippen LogP contribution in [0.3, 0.4) is 0 Å². The van der Waals surface area contributed by atoms with Gasteiger partial charge in [0.15, 0.2) is 0 Å². The monoisotopic (exact) mass is 444 g/mol. The molecule has 7 heteroatoms. The molecular formula is C21H21BrN2O4. The molecule has 0 aromatic heterocycles. The fourth-order valence-corrected chi connectivity index (χ4v) is 3.32. The summed E-state index contributed by atoms with van der Waals surface area (Å²) in [5, 5.41) is 2.65. The number of imide groups is 1. The summed E-state index contributed by atoms with van der Waals surface area (Å²) in [6.45, 7) is 4.98. The van der Waals surface area contributed by atoms with E-state index in [1.54, 1.807) is 12.1 Å². The number of hydrogen-bond donors (Lipinski definition) is 1. The van der Waals surface area contributed by atoms with Crippen LogP contribution in [0.15, 0.2) is 52.6 Å². The first kappa shape index (κ1) is 19.9. The lowest BCUT2D eigenvalue weighted by atomic mass is 10.1. The van der Waals surface area contributed by atoms with Gasteiger partial charge in [-0.15, -0.1) is 0 Å². The third kappa shape index (κ3) is 4.36. The van der Waals surface area contributed by atoms with E-state index < -0.39 is 6.03 Å². The number of urea groups is 1. The molecule has 0 bridgehead atoms. The van der Waals surface area contributed by atoms with E-state index in [4.69, 9.17) is 9.47 Å². The zero-order chi connectivity index (χ0) is 20.1. The van der Waals surface area contributed by atoms with Crippen molar-refractivity contribution in [3.63, 3.8) is 0 Å². The lowest BCUT2D eigenvalue weighted by Crippen LogP contribution is -2.30. The molecule has 0 atom stereocenters. The van der Waals surface area contributed by atoms with E-state index in [0.29, 0.717) is 30.3 Å². The van der Waals surface area contributed by atoms with Crippen molar-refractivity contribution in [3.8, 4) is 11.5 Å². The van der Waals surface area contributed by atoms with Crippen molar-refractivity contribution in [2.24, 2.45) is 0 Å². The molecule has 0 spiro atoms. The predicted octanol–water partition coefficient (Wildman–Crippen LogP) is 4.34. The summed E-state index contributed by atoms with van der Waals surface area (Å²) in [7, 11) is 0. The number of amides is 3. The molecule has 2 aromatic rings. The Bertz CT molecular complexity index is 912. The van der Waals surface area contributed by atoms with Gasteiger partial charge in [-0.3, -0.25) is 9.69 Å². The Labute approximate surface area is 172 Å². The van der Waals surface area contributed by atoms with Gasteiger partial charge in [0, 0.05) is 11.6 Å². The number of benzene rings is 2. The maximum absolute atomic E-state index is 12.7. The SMILES string of the molecule is CCOc1cc(OCC)c(/C=C2/NC(=O)N(Cc3ccccc3)C2=O)cc1Br. The van der Waals surface area contributed by atoms with Gasteiger partial charge in [-0.2, -0.15) is 0 Å². The molecule has 0 saturated carbocycles. The largest absolute Gasteiger partial charge is 0.493 e. The Morgan fingerprint density at radius 1 is 1.04 bits per heavy atom. The van der Waals surface area contributed by atoms with E-state index in [0.717, 1.165) is 10.0 Å². The minimum Gasteiger partial charge on any atom is -0.493 e. The highest BCUT2D eigenvalue weighted by Gasteiger charge is 2.33. The zero-order valence-electron chi connectivity index (χ0n) is 15.7. The Hall–Kier alpha value is -2.80. The summed E-state index contributed by atoms with van der Waals surface area (Å²) in [5.74, 6) is 0.854. The molecule has 3 amide bonds. The van der Waals surface area contributed by atoms with Gasteiger partial charge in [-0.25, -0.2) is 4.79 Å². The van der Waals surface area contributed by atoms with Crippen molar-refractivity contribution in [2.45, 2.75) is 20.4 Å². The molecule has 3 rings (SSSR count). The fraction of sp³-hybridized carbons (Fsp3) is 0.238. The van der Waals surface area contributed by atoms with Crippen molar-refractivity contribution >= 4 is 33.9 Å². The molecule has 28 heavy (non-hydrogen) atoms. The van der Waals surface area contributed by atoms with Crippen molar-refractivity contribution in [3.05, 3.63) is 63.8 Å². The van der Waals surface area contributed by atoms with Crippen molar-refractivity contribution in [1.82, 2.24) is 10.2 Å². The van der Waals surface area contributed by atoms with Crippen LogP contribution in [0.5, 0.6) is 11.5 Å². The van der Waals surface area contributed by atoms with Gasteiger partial charge in [0.1, 0.15) is 17.2 Å². The second-order valence-corrected chi connectivity index (χ2v) is 6.91. The van der Waals surface area contributed by atoms with Gasteiger partial charge in [0.25, 0.3) is 5.91 Å². The summed E-state index contributed by atoms with van der Waals surface area (Å²) in [4.78, 5) is 26.2.